The number of carbonyl (C=O) groups excluding carboxylic acids is 2. The van der Waals surface area contributed by atoms with E-state index in [0.29, 0.717) is 10.7 Å². The van der Waals surface area contributed by atoms with Crippen LogP contribution in [0.1, 0.15) is 5.76 Å². The number of allylic oxidation sites excluding steroid dienone is 2. The Kier molecular flexibility index (Phi) is 5.30. The number of thioether (sulfide) groups is 1. The second-order valence-electron chi connectivity index (χ2n) is 6.06. The van der Waals surface area contributed by atoms with E-state index in [4.69, 9.17) is 9.15 Å². The van der Waals surface area contributed by atoms with Crippen molar-refractivity contribution in [3.05, 3.63) is 83.7 Å². The number of benzene rings is 2. The van der Waals surface area contributed by atoms with E-state index >= 15 is 0 Å². The van der Waals surface area contributed by atoms with Gasteiger partial charge in [-0.1, -0.05) is 42.5 Å². The van der Waals surface area contributed by atoms with Crippen molar-refractivity contribution in [3.63, 3.8) is 0 Å². The lowest BCUT2D eigenvalue weighted by atomic mass is 10.1. The number of hydrogen-bond acceptors (Lipinski definition) is 5. The topological polar surface area (TPSA) is 59.8 Å². The molecule has 0 atom stereocenters. The molecule has 0 spiro atoms. The minimum atomic E-state index is -0.305. The molecule has 1 aromatic heterocycles. The molecular weight excluding hydrogens is 374 g/mol. The van der Waals surface area contributed by atoms with Gasteiger partial charge < -0.3 is 9.15 Å². The lowest BCUT2D eigenvalue weighted by molar-refractivity contribution is -0.123. The second-order valence-corrected chi connectivity index (χ2v) is 7.05. The first-order chi connectivity index (χ1) is 13.7. The summed E-state index contributed by atoms with van der Waals surface area (Å²) in [6.45, 7) is 0.439. The number of amides is 2. The fourth-order valence-electron chi connectivity index (χ4n) is 2.89. The molecule has 3 aromatic rings. The molecule has 5 nitrogen and oxygen atoms in total. The highest BCUT2D eigenvalue weighted by atomic mass is 32.2. The molecule has 0 aliphatic carbocycles. The van der Waals surface area contributed by atoms with Crippen molar-refractivity contribution >= 4 is 39.8 Å². The van der Waals surface area contributed by atoms with E-state index in [1.807, 2.05) is 42.5 Å². The summed E-state index contributed by atoms with van der Waals surface area (Å²) in [6.07, 6.45) is 6.63. The van der Waals surface area contributed by atoms with Gasteiger partial charge >= 0.3 is 0 Å². The third kappa shape index (κ3) is 3.87. The summed E-state index contributed by atoms with van der Waals surface area (Å²) in [6, 6.07) is 17.3. The Balaban J connectivity index is 1.38. The monoisotopic (exact) mass is 391 g/mol. The van der Waals surface area contributed by atoms with Crippen molar-refractivity contribution in [3.8, 4) is 5.75 Å². The van der Waals surface area contributed by atoms with Crippen molar-refractivity contribution in [2.24, 2.45) is 0 Å². The molecule has 4 rings (SSSR count). The van der Waals surface area contributed by atoms with Crippen LogP contribution in [-0.4, -0.2) is 29.2 Å². The number of imide groups is 1. The molecule has 1 saturated heterocycles. The summed E-state index contributed by atoms with van der Waals surface area (Å²) in [7, 11) is 0. The molecule has 1 aliphatic rings. The molecule has 2 heterocycles. The first kappa shape index (κ1) is 18.1. The van der Waals surface area contributed by atoms with E-state index in [1.165, 1.54) is 4.90 Å². The quantitative estimate of drug-likeness (QED) is 0.547. The summed E-state index contributed by atoms with van der Waals surface area (Å²) in [5, 5.41) is 1.80. The van der Waals surface area contributed by atoms with Crippen molar-refractivity contribution in [1.29, 1.82) is 0 Å². The highest BCUT2D eigenvalue weighted by Gasteiger charge is 2.34. The summed E-state index contributed by atoms with van der Waals surface area (Å²) in [5.41, 5.74) is 0. The van der Waals surface area contributed by atoms with Gasteiger partial charge in [-0.2, -0.15) is 0 Å². The SMILES string of the molecule is O=C1S/C(=C\C=C\c2ccco2)C(=O)N1CCOc1cccc2ccccc12. The summed E-state index contributed by atoms with van der Waals surface area (Å²) in [4.78, 5) is 26.2. The highest BCUT2D eigenvalue weighted by Crippen LogP contribution is 2.31. The lowest BCUT2D eigenvalue weighted by Crippen LogP contribution is -2.32. The Morgan fingerprint density at radius 1 is 1.04 bits per heavy atom. The van der Waals surface area contributed by atoms with E-state index in [1.54, 1.807) is 36.6 Å². The summed E-state index contributed by atoms with van der Waals surface area (Å²) < 4.78 is 11.0. The molecule has 0 radical (unpaired) electrons. The van der Waals surface area contributed by atoms with Crippen LogP contribution in [0.15, 0.2) is 82.3 Å². The van der Waals surface area contributed by atoms with Crippen LogP contribution in [0.2, 0.25) is 0 Å². The van der Waals surface area contributed by atoms with Gasteiger partial charge in [-0.3, -0.25) is 14.5 Å². The predicted octanol–water partition coefficient (Wildman–Crippen LogP) is 5.10. The van der Waals surface area contributed by atoms with Gasteiger partial charge in [0.05, 0.1) is 17.7 Å². The van der Waals surface area contributed by atoms with Crippen molar-refractivity contribution < 1.29 is 18.7 Å². The molecule has 2 aromatic carbocycles. The smallest absolute Gasteiger partial charge is 0.293 e. The summed E-state index contributed by atoms with van der Waals surface area (Å²) >= 11 is 0.929. The molecule has 2 amide bonds. The number of hydrogen-bond donors (Lipinski definition) is 0. The molecule has 0 N–H and O–H groups in total. The van der Waals surface area contributed by atoms with Crippen LogP contribution in [0.4, 0.5) is 4.79 Å². The van der Waals surface area contributed by atoms with Crippen LogP contribution in [-0.2, 0) is 4.79 Å². The second kappa shape index (κ2) is 8.19. The Morgan fingerprint density at radius 3 is 2.75 bits per heavy atom. The third-order valence-corrected chi connectivity index (χ3v) is 5.17. The minimum absolute atomic E-state index is 0.202. The van der Waals surface area contributed by atoms with Gasteiger partial charge in [-0.25, -0.2) is 0 Å². The first-order valence-corrected chi connectivity index (χ1v) is 9.60. The molecular formula is C22H17NO4S. The number of carbonyl (C=O) groups is 2. The van der Waals surface area contributed by atoms with Crippen molar-refractivity contribution in [1.82, 2.24) is 4.90 Å². The van der Waals surface area contributed by atoms with Crippen molar-refractivity contribution in [2.45, 2.75) is 0 Å². The maximum absolute atomic E-state index is 12.5. The zero-order valence-corrected chi connectivity index (χ0v) is 15.7. The standard InChI is InChI=1S/C22H17NO4S/c24-21-20(12-4-8-17-9-5-14-26-17)28-22(25)23(21)13-15-27-19-11-3-7-16-6-1-2-10-18(16)19/h1-12,14H,13,15H2/b8-4+,20-12-. The van der Waals surface area contributed by atoms with Gasteiger partial charge in [-0.15, -0.1) is 0 Å². The molecule has 1 aliphatic heterocycles. The van der Waals surface area contributed by atoms with Gasteiger partial charge in [0.15, 0.2) is 0 Å². The van der Waals surface area contributed by atoms with Crippen LogP contribution in [0.5, 0.6) is 5.75 Å². The highest BCUT2D eigenvalue weighted by molar-refractivity contribution is 8.18. The molecule has 6 heteroatoms. The average Bonchev–Trinajstić information content (AvgIpc) is 3.32. The third-order valence-electron chi connectivity index (χ3n) is 4.25. The molecule has 140 valence electrons. The summed E-state index contributed by atoms with van der Waals surface area (Å²) in [5.74, 6) is 1.11. The number of furan rings is 1. The van der Waals surface area contributed by atoms with Gasteiger partial charge in [0.25, 0.3) is 11.1 Å². The van der Waals surface area contributed by atoms with E-state index in [0.717, 1.165) is 28.3 Å². The predicted molar refractivity (Wildman–Crippen MR) is 110 cm³/mol. The fraction of sp³-hybridized carbons (Fsp3) is 0.0909. The van der Waals surface area contributed by atoms with Crippen LogP contribution in [0.3, 0.4) is 0 Å². The average molecular weight is 391 g/mol. The maximum atomic E-state index is 12.5. The van der Waals surface area contributed by atoms with E-state index in [9.17, 15) is 9.59 Å². The Bertz CT molecular complexity index is 1060. The molecule has 0 saturated carbocycles. The number of rotatable bonds is 6. The van der Waals surface area contributed by atoms with Crippen LogP contribution in [0.25, 0.3) is 16.8 Å². The number of nitrogens with zero attached hydrogens (tertiary/aromatic N) is 1. The number of ether oxygens (including phenoxy) is 1. The van der Waals surface area contributed by atoms with E-state index in [-0.39, 0.29) is 24.3 Å². The lowest BCUT2D eigenvalue weighted by Gasteiger charge is -2.14. The van der Waals surface area contributed by atoms with Gasteiger partial charge in [0.2, 0.25) is 0 Å². The van der Waals surface area contributed by atoms with E-state index < -0.39 is 0 Å². The van der Waals surface area contributed by atoms with Gasteiger partial charge in [-0.05, 0) is 47.5 Å². The first-order valence-electron chi connectivity index (χ1n) is 8.78. The van der Waals surface area contributed by atoms with Crippen molar-refractivity contribution in [2.75, 3.05) is 13.2 Å². The van der Waals surface area contributed by atoms with Crippen LogP contribution < -0.4 is 4.74 Å². The zero-order chi connectivity index (χ0) is 19.3. The van der Waals surface area contributed by atoms with Crippen LogP contribution in [0, 0.1) is 0 Å². The molecule has 1 fully saturated rings. The Labute approximate surface area is 166 Å². The largest absolute Gasteiger partial charge is 0.491 e. The maximum Gasteiger partial charge on any atom is 0.293 e. The normalized spacial score (nSPS) is 16.0. The van der Waals surface area contributed by atoms with Crippen LogP contribution >= 0.6 is 11.8 Å². The van der Waals surface area contributed by atoms with Gasteiger partial charge in [0.1, 0.15) is 18.1 Å². The Morgan fingerprint density at radius 2 is 1.89 bits per heavy atom. The number of fused-ring (bicyclic) bond motifs is 1. The molecule has 28 heavy (non-hydrogen) atoms. The zero-order valence-electron chi connectivity index (χ0n) is 14.9. The van der Waals surface area contributed by atoms with E-state index in [2.05, 4.69) is 0 Å². The van der Waals surface area contributed by atoms with Gasteiger partial charge in [0, 0.05) is 5.39 Å². The fourth-order valence-corrected chi connectivity index (χ4v) is 3.71. The Hall–Kier alpha value is -3.25. The minimum Gasteiger partial charge on any atom is -0.491 e. The molecule has 0 unspecified atom stereocenters. The molecule has 0 bridgehead atoms.